The van der Waals surface area contributed by atoms with Crippen LogP contribution in [0.25, 0.3) is 188 Å². The summed E-state index contributed by atoms with van der Waals surface area (Å²) in [4.78, 5) is 26.3. The first-order valence-electron chi connectivity index (χ1n) is 44.7. The van der Waals surface area contributed by atoms with Crippen molar-refractivity contribution < 1.29 is 22.1 Å². The first kappa shape index (κ1) is 79.2. The van der Waals surface area contributed by atoms with Gasteiger partial charge in [-0.25, -0.2) is 19.9 Å². The monoisotopic (exact) mass is 1720 g/mol. The van der Waals surface area contributed by atoms with Crippen molar-refractivity contribution in [2.45, 2.75) is 0 Å². The van der Waals surface area contributed by atoms with Gasteiger partial charge in [-0.1, -0.05) is 297 Å². The number of fused-ring (bicyclic) bond motifs is 15. The van der Waals surface area contributed by atoms with Gasteiger partial charge in [-0.2, -0.15) is 0 Å². The molecule has 0 aliphatic carbocycles. The predicted octanol–water partition coefficient (Wildman–Crippen LogP) is 34.2. The Hall–Kier alpha value is -18.3. The van der Waals surface area contributed by atoms with Crippen LogP contribution >= 0.6 is 0 Å². The largest absolute Gasteiger partial charge is 0.456 e. The van der Waals surface area contributed by atoms with Crippen molar-refractivity contribution in [3.05, 3.63) is 480 Å². The number of para-hydroxylation sites is 5. The van der Waals surface area contributed by atoms with E-state index in [1.807, 2.05) is 152 Å². The summed E-state index contributed by atoms with van der Waals surface area (Å²) in [6.07, 6.45) is 7.70. The van der Waals surface area contributed by atoms with Crippen LogP contribution in [-0.4, -0.2) is 19.9 Å². The molecule has 0 spiro atoms. The predicted molar refractivity (Wildman–Crippen MR) is 549 cm³/mol. The van der Waals surface area contributed by atoms with Crippen LogP contribution in [0.1, 0.15) is 0 Å². The van der Waals surface area contributed by atoms with Gasteiger partial charge >= 0.3 is 0 Å². The van der Waals surface area contributed by atoms with E-state index >= 15 is 0 Å². The Labute approximate surface area is 770 Å². The lowest BCUT2D eigenvalue weighted by Gasteiger charge is -2.25. The molecule has 0 aliphatic heterocycles. The molecule has 0 radical (unpaired) electrons. The third-order valence-corrected chi connectivity index (χ3v) is 25.1. The van der Waals surface area contributed by atoms with Crippen LogP contribution in [0, 0.1) is 0 Å². The quantitative estimate of drug-likeness (QED) is 0.0914. The fourth-order valence-electron chi connectivity index (χ4n) is 18.3. The number of aromatic nitrogens is 4. The maximum Gasteiger partial charge on any atom is 0.234 e. The summed E-state index contributed by atoms with van der Waals surface area (Å²) in [5.41, 5.74) is 30.4. The van der Waals surface area contributed by atoms with Crippen LogP contribution in [-0.2, 0) is 0 Å². The second-order valence-electron chi connectivity index (χ2n) is 33.2. The van der Waals surface area contributed by atoms with Gasteiger partial charge in [0.2, 0.25) is 5.95 Å². The zero-order valence-corrected chi connectivity index (χ0v) is 72.3. The zero-order valence-electron chi connectivity index (χ0n) is 72.3. The highest BCUT2D eigenvalue weighted by Crippen LogP contribution is 2.46. The molecule has 18 aromatic carbocycles. The summed E-state index contributed by atoms with van der Waals surface area (Å²) in [5, 5.41) is 10.8. The van der Waals surface area contributed by atoms with E-state index in [2.05, 4.69) is 342 Å². The highest BCUT2D eigenvalue weighted by atomic mass is 16.3. The molecule has 26 rings (SSSR count). The maximum absolute atomic E-state index is 6.29. The Bertz CT molecular complexity index is 8650. The lowest BCUT2D eigenvalue weighted by Crippen LogP contribution is -2.13. The van der Waals surface area contributed by atoms with Crippen molar-refractivity contribution in [3.8, 4) is 77.9 Å². The molecule has 26 aromatic rings. The first-order valence-corrected chi connectivity index (χ1v) is 44.7. The SMILES string of the molecule is c1ccc(-c2ccc(-c3ccc(N(c4ccc(-c5ccccc5)cc4)c4ccc5oc6ccccc6c5c4)nc3)cc2)cc1.c1ccc(-c2ccc(-c3ccc(N(c4ccc5c(c4)oc4ccccc45)c4ccc5oc6ccccc6c5c4)nc3)cc2)cc1.c1ccc(-c2ccc(-c3cnc(N(c4ccc5oc6ccccc6c5c4)c4ccc5oc6ccccc6c5c4)nc3)cc2)cc1. The molecule has 632 valence electrons. The number of anilines is 9. The molecular formula is C122H79N7O5. The van der Waals surface area contributed by atoms with Gasteiger partial charge in [0.15, 0.2) is 0 Å². The molecule has 8 heterocycles. The summed E-state index contributed by atoms with van der Waals surface area (Å²) in [6, 6.07) is 157. The van der Waals surface area contributed by atoms with Gasteiger partial charge in [0.05, 0.1) is 5.69 Å². The summed E-state index contributed by atoms with van der Waals surface area (Å²) in [6.45, 7) is 0. The van der Waals surface area contributed by atoms with Crippen LogP contribution in [0.5, 0.6) is 0 Å². The normalized spacial score (nSPS) is 11.4. The van der Waals surface area contributed by atoms with Crippen molar-refractivity contribution >= 4 is 161 Å². The van der Waals surface area contributed by atoms with E-state index in [1.54, 1.807) is 0 Å². The average Bonchev–Trinajstić information content (AvgIpc) is 1.58. The molecule has 0 saturated carbocycles. The van der Waals surface area contributed by atoms with Gasteiger partial charge in [-0.3, -0.25) is 14.7 Å². The molecule has 0 atom stereocenters. The molecule has 0 aliphatic rings. The van der Waals surface area contributed by atoms with E-state index in [9.17, 15) is 0 Å². The van der Waals surface area contributed by atoms with Gasteiger partial charge in [-0.05, 0) is 213 Å². The molecule has 0 fully saturated rings. The van der Waals surface area contributed by atoms with E-state index in [4.69, 9.17) is 42.0 Å². The highest BCUT2D eigenvalue weighted by molar-refractivity contribution is 6.11. The van der Waals surface area contributed by atoms with Crippen LogP contribution < -0.4 is 14.7 Å². The maximum atomic E-state index is 6.29. The molecule has 0 saturated heterocycles. The number of pyridine rings is 2. The Morgan fingerprint density at radius 1 is 0.134 bits per heavy atom. The number of hydrogen-bond donors (Lipinski definition) is 0. The molecule has 0 amide bonds. The van der Waals surface area contributed by atoms with Crippen molar-refractivity contribution in [2.75, 3.05) is 14.7 Å². The van der Waals surface area contributed by atoms with Gasteiger partial charge in [0.1, 0.15) is 67.5 Å². The number of furan rings is 5. The number of benzene rings is 18. The topological polar surface area (TPSA) is 127 Å². The molecule has 0 N–H and O–H groups in total. The van der Waals surface area contributed by atoms with Gasteiger partial charge < -0.3 is 22.1 Å². The Balaban J connectivity index is 0.000000110. The third kappa shape index (κ3) is 15.3. The number of hydrogen-bond acceptors (Lipinski definition) is 12. The average molecular weight is 1720 g/mol. The van der Waals surface area contributed by atoms with E-state index in [-0.39, 0.29) is 0 Å². The standard InChI is InChI=1S/C41H26N2O2.C41H28N2O.C40H25N3O2/c1-2-8-27(9-3-1)28-14-16-29(17-15-28)30-18-23-41(42-26-30)43(31-20-22-39-36(24-31)34-11-5-7-13-38(34)44-39)32-19-21-35-33-10-4-6-12-37(33)45-40(35)25-32;1-3-9-29(10-4-1)31-15-17-33(18-16-31)34-21-26-41(42-28-34)43(35-22-19-32(20-23-35)30-11-5-2-6-12-30)36-24-25-40-38(27-36)37-13-7-8-14-39(37)44-40;1-2-8-26(9-3-1)27-14-16-28(17-15-27)29-24-41-40(42-25-29)43(30-18-20-38-34(22-30)32-10-4-6-12-36(32)44-38)31-19-21-39-35(23-31)33-11-5-7-13-37(33)45-39/h1-26H;1-28H;1-25H. The summed E-state index contributed by atoms with van der Waals surface area (Å²) in [7, 11) is 0. The highest BCUT2D eigenvalue weighted by Gasteiger charge is 2.24. The van der Waals surface area contributed by atoms with Crippen molar-refractivity contribution in [1.29, 1.82) is 0 Å². The summed E-state index contributed by atoms with van der Waals surface area (Å²) < 4.78 is 30.8. The van der Waals surface area contributed by atoms with Crippen LogP contribution in [0.2, 0.25) is 0 Å². The van der Waals surface area contributed by atoms with Crippen LogP contribution in [0.15, 0.2) is 502 Å². The molecular weight excluding hydrogens is 1640 g/mol. The Morgan fingerprint density at radius 3 is 0.679 bits per heavy atom. The molecule has 12 nitrogen and oxygen atoms in total. The van der Waals surface area contributed by atoms with Crippen LogP contribution in [0.3, 0.4) is 0 Å². The van der Waals surface area contributed by atoms with E-state index in [1.165, 1.54) is 44.5 Å². The molecule has 134 heavy (non-hydrogen) atoms. The lowest BCUT2D eigenvalue weighted by atomic mass is 10.0. The molecule has 12 heteroatoms. The smallest absolute Gasteiger partial charge is 0.234 e. The van der Waals surface area contributed by atoms with Crippen LogP contribution in [0.4, 0.5) is 51.7 Å². The van der Waals surface area contributed by atoms with Crippen molar-refractivity contribution in [3.63, 3.8) is 0 Å². The second kappa shape index (κ2) is 34.4. The Morgan fingerprint density at radius 2 is 0.351 bits per heavy atom. The first-order chi connectivity index (χ1) is 66.4. The fourth-order valence-corrected chi connectivity index (χ4v) is 18.3. The molecule has 8 aromatic heterocycles. The van der Waals surface area contributed by atoms with Crippen molar-refractivity contribution in [2.24, 2.45) is 0 Å². The second-order valence-corrected chi connectivity index (χ2v) is 33.2. The van der Waals surface area contributed by atoms with Crippen molar-refractivity contribution in [1.82, 2.24) is 19.9 Å². The van der Waals surface area contributed by atoms with Gasteiger partial charge in [0.25, 0.3) is 0 Å². The van der Waals surface area contributed by atoms with E-state index in [0.717, 1.165) is 189 Å². The fraction of sp³-hybridized carbons (Fsp3) is 0. The summed E-state index contributed by atoms with van der Waals surface area (Å²) >= 11 is 0. The Kier molecular flexibility index (Phi) is 20.3. The van der Waals surface area contributed by atoms with Gasteiger partial charge in [-0.15, -0.1) is 0 Å². The molecule has 0 bridgehead atoms. The number of rotatable bonds is 16. The minimum atomic E-state index is 0.568. The number of nitrogens with zero attached hydrogens (tertiary/aromatic N) is 7. The zero-order chi connectivity index (χ0) is 88.8. The lowest BCUT2D eigenvalue weighted by molar-refractivity contribution is 0.668. The summed E-state index contributed by atoms with van der Waals surface area (Å²) in [5.74, 6) is 2.22. The van der Waals surface area contributed by atoms with E-state index < -0.39 is 0 Å². The minimum Gasteiger partial charge on any atom is -0.456 e. The third-order valence-electron chi connectivity index (χ3n) is 25.1. The van der Waals surface area contributed by atoms with Gasteiger partial charge in [0, 0.05) is 130 Å². The minimum absolute atomic E-state index is 0.568. The molecule has 0 unspecified atom stereocenters. The van der Waals surface area contributed by atoms with E-state index in [0.29, 0.717) is 5.95 Å².